The van der Waals surface area contributed by atoms with E-state index in [9.17, 15) is 0 Å². The fourth-order valence-electron chi connectivity index (χ4n) is 1.33. The Labute approximate surface area is 107 Å². The first kappa shape index (κ1) is 11.6. The van der Waals surface area contributed by atoms with Crippen LogP contribution in [0.15, 0.2) is 46.3 Å². The van der Waals surface area contributed by atoms with Crippen molar-refractivity contribution in [3.05, 3.63) is 51.1 Å². The summed E-state index contributed by atoms with van der Waals surface area (Å²) in [5.41, 5.74) is 6.00. The second-order valence-electron chi connectivity index (χ2n) is 3.39. The van der Waals surface area contributed by atoms with Crippen molar-refractivity contribution >= 4 is 27.3 Å². The smallest absolute Gasteiger partial charge is 0.120 e. The zero-order valence-electron chi connectivity index (χ0n) is 8.60. The van der Waals surface area contributed by atoms with Crippen molar-refractivity contribution in [3.8, 4) is 5.75 Å². The molecule has 1 unspecified atom stereocenters. The normalized spacial score (nSPS) is 12.4. The molecule has 0 radical (unpaired) electrons. The molecule has 0 saturated carbocycles. The van der Waals surface area contributed by atoms with Gasteiger partial charge >= 0.3 is 0 Å². The molecule has 4 heteroatoms. The predicted octanol–water partition coefficient (Wildman–Crippen LogP) is 3.59. The van der Waals surface area contributed by atoms with Gasteiger partial charge in [-0.05, 0) is 29.6 Å². The van der Waals surface area contributed by atoms with Crippen molar-refractivity contribution in [2.45, 2.75) is 6.04 Å². The van der Waals surface area contributed by atoms with E-state index in [4.69, 9.17) is 10.5 Å². The minimum Gasteiger partial charge on any atom is -0.492 e. The number of halogens is 1. The first-order chi connectivity index (χ1) is 7.75. The summed E-state index contributed by atoms with van der Waals surface area (Å²) in [6.45, 7) is 0.497. The minimum absolute atomic E-state index is 0.0565. The number of hydrogen-bond acceptors (Lipinski definition) is 3. The summed E-state index contributed by atoms with van der Waals surface area (Å²) in [5.74, 6) is 0.835. The Kier molecular flexibility index (Phi) is 3.98. The third kappa shape index (κ3) is 3.07. The van der Waals surface area contributed by atoms with Crippen LogP contribution >= 0.6 is 27.3 Å². The van der Waals surface area contributed by atoms with E-state index in [0.29, 0.717) is 6.61 Å². The highest BCUT2D eigenvalue weighted by atomic mass is 79.9. The molecule has 84 valence electrons. The summed E-state index contributed by atoms with van der Waals surface area (Å²) in [6, 6.07) is 11.7. The SMILES string of the molecule is NC(COc1cccc(Br)c1)c1cccs1. The lowest BCUT2D eigenvalue weighted by Gasteiger charge is -2.11. The van der Waals surface area contributed by atoms with E-state index >= 15 is 0 Å². The second kappa shape index (κ2) is 5.48. The van der Waals surface area contributed by atoms with Gasteiger partial charge in [0.25, 0.3) is 0 Å². The van der Waals surface area contributed by atoms with Crippen LogP contribution in [0.1, 0.15) is 10.9 Å². The fraction of sp³-hybridized carbons (Fsp3) is 0.167. The van der Waals surface area contributed by atoms with E-state index in [-0.39, 0.29) is 6.04 Å². The predicted molar refractivity (Wildman–Crippen MR) is 70.9 cm³/mol. The van der Waals surface area contributed by atoms with E-state index in [1.54, 1.807) is 11.3 Å². The van der Waals surface area contributed by atoms with Gasteiger partial charge in [0.2, 0.25) is 0 Å². The molecule has 16 heavy (non-hydrogen) atoms. The van der Waals surface area contributed by atoms with Gasteiger partial charge in [0, 0.05) is 9.35 Å². The highest BCUT2D eigenvalue weighted by Crippen LogP contribution is 2.21. The molecule has 0 spiro atoms. The molecule has 0 aliphatic carbocycles. The highest BCUT2D eigenvalue weighted by molar-refractivity contribution is 9.10. The zero-order chi connectivity index (χ0) is 11.4. The molecule has 0 aliphatic rings. The average molecular weight is 298 g/mol. The van der Waals surface area contributed by atoms with Gasteiger partial charge in [-0.3, -0.25) is 0 Å². The number of ether oxygens (including phenoxy) is 1. The lowest BCUT2D eigenvalue weighted by molar-refractivity contribution is 0.292. The Hall–Kier alpha value is -0.840. The molecule has 1 atom stereocenters. The van der Waals surface area contributed by atoms with Gasteiger partial charge in [-0.1, -0.05) is 28.1 Å². The standard InChI is InChI=1S/C12H12BrNOS/c13-9-3-1-4-10(7-9)15-8-11(14)12-5-2-6-16-12/h1-7,11H,8,14H2. The van der Waals surface area contributed by atoms with Crippen LogP contribution in [-0.2, 0) is 0 Å². The van der Waals surface area contributed by atoms with Crippen LogP contribution in [0, 0.1) is 0 Å². The molecule has 2 nitrogen and oxygen atoms in total. The van der Waals surface area contributed by atoms with E-state index in [2.05, 4.69) is 15.9 Å². The molecule has 2 N–H and O–H groups in total. The summed E-state index contributed by atoms with van der Waals surface area (Å²) in [5, 5.41) is 2.02. The summed E-state index contributed by atoms with van der Waals surface area (Å²) in [7, 11) is 0. The number of nitrogens with two attached hydrogens (primary N) is 1. The third-order valence-corrected chi connectivity index (χ3v) is 3.63. The zero-order valence-corrected chi connectivity index (χ0v) is 11.0. The van der Waals surface area contributed by atoms with Crippen molar-refractivity contribution in [2.24, 2.45) is 5.73 Å². The van der Waals surface area contributed by atoms with Gasteiger partial charge < -0.3 is 10.5 Å². The summed E-state index contributed by atoms with van der Waals surface area (Å²) in [6.07, 6.45) is 0. The van der Waals surface area contributed by atoms with Crippen LogP contribution in [0.5, 0.6) is 5.75 Å². The number of thiophene rings is 1. The molecule has 0 fully saturated rings. The van der Waals surface area contributed by atoms with E-state index in [1.807, 2.05) is 41.8 Å². The number of benzene rings is 1. The molecule has 1 heterocycles. The van der Waals surface area contributed by atoms with Gasteiger partial charge in [0.1, 0.15) is 12.4 Å². The van der Waals surface area contributed by atoms with Crippen LogP contribution in [-0.4, -0.2) is 6.61 Å². The van der Waals surface area contributed by atoms with Gasteiger partial charge in [-0.2, -0.15) is 0 Å². The van der Waals surface area contributed by atoms with Gasteiger partial charge in [0.15, 0.2) is 0 Å². The lowest BCUT2D eigenvalue weighted by atomic mass is 10.3. The first-order valence-electron chi connectivity index (χ1n) is 4.93. The van der Waals surface area contributed by atoms with E-state index in [0.717, 1.165) is 15.1 Å². The van der Waals surface area contributed by atoms with Crippen LogP contribution in [0.25, 0.3) is 0 Å². The maximum atomic E-state index is 6.00. The van der Waals surface area contributed by atoms with Crippen molar-refractivity contribution < 1.29 is 4.74 Å². The molecule has 1 aromatic carbocycles. The van der Waals surface area contributed by atoms with Crippen LogP contribution in [0.2, 0.25) is 0 Å². The molecule has 0 aliphatic heterocycles. The molecule has 2 rings (SSSR count). The topological polar surface area (TPSA) is 35.2 Å². The molecule has 1 aromatic heterocycles. The van der Waals surface area contributed by atoms with Crippen molar-refractivity contribution in [3.63, 3.8) is 0 Å². The molecule has 0 bridgehead atoms. The molecule has 2 aromatic rings. The molecular formula is C12H12BrNOS. The largest absolute Gasteiger partial charge is 0.492 e. The number of rotatable bonds is 4. The van der Waals surface area contributed by atoms with Gasteiger partial charge in [-0.25, -0.2) is 0 Å². The van der Waals surface area contributed by atoms with Crippen LogP contribution in [0.4, 0.5) is 0 Å². The summed E-state index contributed by atoms with van der Waals surface area (Å²) >= 11 is 5.05. The summed E-state index contributed by atoms with van der Waals surface area (Å²) < 4.78 is 6.63. The summed E-state index contributed by atoms with van der Waals surface area (Å²) in [4.78, 5) is 1.15. The highest BCUT2D eigenvalue weighted by Gasteiger charge is 2.07. The van der Waals surface area contributed by atoms with Gasteiger partial charge in [0.05, 0.1) is 6.04 Å². The van der Waals surface area contributed by atoms with Crippen LogP contribution in [0.3, 0.4) is 0 Å². The Morgan fingerprint density at radius 2 is 2.19 bits per heavy atom. The van der Waals surface area contributed by atoms with Crippen molar-refractivity contribution in [1.82, 2.24) is 0 Å². The van der Waals surface area contributed by atoms with Crippen LogP contribution < -0.4 is 10.5 Å². The lowest BCUT2D eigenvalue weighted by Crippen LogP contribution is -2.17. The minimum atomic E-state index is -0.0565. The Bertz CT molecular complexity index is 444. The van der Waals surface area contributed by atoms with Gasteiger partial charge in [-0.15, -0.1) is 11.3 Å². The average Bonchev–Trinajstić information content (AvgIpc) is 2.79. The Balaban J connectivity index is 1.92. The maximum Gasteiger partial charge on any atom is 0.120 e. The first-order valence-corrected chi connectivity index (χ1v) is 6.60. The molecule has 0 amide bonds. The third-order valence-electron chi connectivity index (χ3n) is 2.13. The number of hydrogen-bond donors (Lipinski definition) is 1. The van der Waals surface area contributed by atoms with E-state index < -0.39 is 0 Å². The quantitative estimate of drug-likeness (QED) is 0.936. The fourth-order valence-corrected chi connectivity index (χ4v) is 2.42. The Morgan fingerprint density at radius 1 is 1.31 bits per heavy atom. The molecule has 0 saturated heterocycles. The maximum absolute atomic E-state index is 6.00. The molecular weight excluding hydrogens is 286 g/mol. The van der Waals surface area contributed by atoms with Crippen molar-refractivity contribution in [2.75, 3.05) is 6.61 Å². The second-order valence-corrected chi connectivity index (χ2v) is 5.29. The monoisotopic (exact) mass is 297 g/mol. The van der Waals surface area contributed by atoms with E-state index in [1.165, 1.54) is 0 Å². The Morgan fingerprint density at radius 3 is 2.88 bits per heavy atom. The van der Waals surface area contributed by atoms with Crippen molar-refractivity contribution in [1.29, 1.82) is 0 Å².